The number of hydrogen-bond donors (Lipinski definition) is 1. The molecule has 0 aromatic heterocycles. The van der Waals surface area contributed by atoms with Crippen LogP contribution in [0.5, 0.6) is 5.75 Å². The number of nitrogens with one attached hydrogen (secondary N) is 1. The Balaban J connectivity index is 1.49. The van der Waals surface area contributed by atoms with Gasteiger partial charge in [0.2, 0.25) is 11.8 Å². The standard InChI is InChI=1S/C22H26N2O3/c1-16(18-6-4-3-5-7-18)24-15-19(14-21(24)25)22(26)23-13-12-17-8-10-20(27-2)11-9-17/h3-11,16,19H,12-15H2,1-2H3,(H,23,26)/t16-,19-/m0/s1. The normalized spacial score (nSPS) is 17.6. The van der Waals surface area contributed by atoms with Crippen molar-refractivity contribution in [1.29, 1.82) is 0 Å². The van der Waals surface area contributed by atoms with E-state index in [2.05, 4.69) is 5.32 Å². The molecular weight excluding hydrogens is 340 g/mol. The molecular formula is C22H26N2O3. The average molecular weight is 366 g/mol. The quantitative estimate of drug-likeness (QED) is 0.820. The number of ether oxygens (including phenoxy) is 1. The van der Waals surface area contributed by atoms with Gasteiger partial charge in [0.25, 0.3) is 0 Å². The molecule has 1 N–H and O–H groups in total. The largest absolute Gasteiger partial charge is 0.497 e. The number of nitrogens with zero attached hydrogens (tertiary/aromatic N) is 1. The number of carbonyl (C=O) groups is 2. The van der Waals surface area contributed by atoms with Gasteiger partial charge in [0.05, 0.1) is 19.1 Å². The van der Waals surface area contributed by atoms with E-state index < -0.39 is 0 Å². The van der Waals surface area contributed by atoms with E-state index >= 15 is 0 Å². The highest BCUT2D eigenvalue weighted by molar-refractivity contribution is 5.89. The minimum Gasteiger partial charge on any atom is -0.497 e. The van der Waals surface area contributed by atoms with Crippen molar-refractivity contribution in [3.05, 3.63) is 65.7 Å². The summed E-state index contributed by atoms with van der Waals surface area (Å²) in [6, 6.07) is 17.7. The number of carbonyl (C=O) groups excluding carboxylic acids is 2. The SMILES string of the molecule is COc1ccc(CCNC(=O)[C@H]2CC(=O)N([C@@H](C)c3ccccc3)C2)cc1. The second-order valence-electron chi connectivity index (χ2n) is 6.92. The van der Waals surface area contributed by atoms with Gasteiger partial charge in [0.15, 0.2) is 0 Å². The smallest absolute Gasteiger partial charge is 0.225 e. The lowest BCUT2D eigenvalue weighted by molar-refractivity contribution is -0.130. The van der Waals surface area contributed by atoms with Crippen LogP contribution in [0.25, 0.3) is 0 Å². The second kappa shape index (κ2) is 8.71. The van der Waals surface area contributed by atoms with E-state index in [1.807, 2.05) is 66.4 Å². The highest BCUT2D eigenvalue weighted by Crippen LogP contribution is 2.28. The van der Waals surface area contributed by atoms with Gasteiger partial charge in [-0.25, -0.2) is 0 Å². The van der Waals surface area contributed by atoms with Gasteiger partial charge in [-0.15, -0.1) is 0 Å². The van der Waals surface area contributed by atoms with Crippen molar-refractivity contribution >= 4 is 11.8 Å². The minimum atomic E-state index is -0.278. The summed E-state index contributed by atoms with van der Waals surface area (Å²) in [5.41, 5.74) is 2.23. The predicted octanol–water partition coefficient (Wildman–Crippen LogP) is 2.96. The van der Waals surface area contributed by atoms with E-state index in [1.54, 1.807) is 7.11 Å². The molecule has 1 heterocycles. The average Bonchev–Trinajstić information content (AvgIpc) is 3.10. The van der Waals surface area contributed by atoms with Gasteiger partial charge in [-0.1, -0.05) is 42.5 Å². The van der Waals surface area contributed by atoms with Crippen LogP contribution in [0.2, 0.25) is 0 Å². The van der Waals surface area contributed by atoms with Crippen LogP contribution in [0.3, 0.4) is 0 Å². The Bertz CT molecular complexity index is 774. The summed E-state index contributed by atoms with van der Waals surface area (Å²) in [5, 5.41) is 2.97. The molecule has 0 unspecified atom stereocenters. The molecule has 27 heavy (non-hydrogen) atoms. The molecule has 2 aromatic carbocycles. The lowest BCUT2D eigenvalue weighted by Gasteiger charge is -2.25. The highest BCUT2D eigenvalue weighted by Gasteiger charge is 2.36. The summed E-state index contributed by atoms with van der Waals surface area (Å²) in [4.78, 5) is 26.7. The summed E-state index contributed by atoms with van der Waals surface area (Å²) in [7, 11) is 1.64. The fourth-order valence-electron chi connectivity index (χ4n) is 3.46. The molecule has 1 fully saturated rings. The van der Waals surface area contributed by atoms with E-state index in [1.165, 1.54) is 0 Å². The van der Waals surface area contributed by atoms with Gasteiger partial charge in [0, 0.05) is 19.5 Å². The van der Waals surface area contributed by atoms with Crippen molar-refractivity contribution in [2.45, 2.75) is 25.8 Å². The first-order valence-corrected chi connectivity index (χ1v) is 9.33. The van der Waals surface area contributed by atoms with Crippen LogP contribution >= 0.6 is 0 Å². The van der Waals surface area contributed by atoms with Gasteiger partial charge in [-0.2, -0.15) is 0 Å². The molecule has 0 radical (unpaired) electrons. The number of likely N-dealkylation sites (tertiary alicyclic amines) is 1. The lowest BCUT2D eigenvalue weighted by Crippen LogP contribution is -2.34. The monoisotopic (exact) mass is 366 g/mol. The zero-order chi connectivity index (χ0) is 19.2. The molecule has 1 aliphatic heterocycles. The first-order chi connectivity index (χ1) is 13.1. The Labute approximate surface area is 160 Å². The third-order valence-electron chi connectivity index (χ3n) is 5.15. The molecule has 1 saturated heterocycles. The van der Waals surface area contributed by atoms with Crippen LogP contribution in [0, 0.1) is 5.92 Å². The molecule has 2 aromatic rings. The summed E-state index contributed by atoms with van der Waals surface area (Å²) in [6.07, 6.45) is 1.03. The summed E-state index contributed by atoms with van der Waals surface area (Å²) < 4.78 is 5.14. The Kier molecular flexibility index (Phi) is 6.12. The number of rotatable bonds is 7. The van der Waals surface area contributed by atoms with E-state index in [0.717, 1.165) is 23.3 Å². The van der Waals surface area contributed by atoms with E-state index in [0.29, 0.717) is 13.1 Å². The maximum absolute atomic E-state index is 12.5. The van der Waals surface area contributed by atoms with Crippen molar-refractivity contribution in [2.75, 3.05) is 20.2 Å². The van der Waals surface area contributed by atoms with Crippen LogP contribution < -0.4 is 10.1 Å². The van der Waals surface area contributed by atoms with Crippen LogP contribution in [0.15, 0.2) is 54.6 Å². The predicted molar refractivity (Wildman–Crippen MR) is 104 cm³/mol. The molecule has 0 bridgehead atoms. The molecule has 1 aliphatic rings. The fraction of sp³-hybridized carbons (Fsp3) is 0.364. The Morgan fingerprint density at radius 1 is 1.19 bits per heavy atom. The molecule has 0 saturated carbocycles. The molecule has 2 amide bonds. The van der Waals surface area contributed by atoms with Crippen molar-refractivity contribution < 1.29 is 14.3 Å². The van der Waals surface area contributed by atoms with Crippen LogP contribution in [-0.4, -0.2) is 36.9 Å². The molecule has 5 heteroatoms. The summed E-state index contributed by atoms with van der Waals surface area (Å²) >= 11 is 0. The van der Waals surface area contributed by atoms with Gasteiger partial charge < -0.3 is 15.0 Å². The van der Waals surface area contributed by atoms with Crippen LogP contribution in [0.1, 0.15) is 30.5 Å². The molecule has 3 rings (SSSR count). The van der Waals surface area contributed by atoms with Gasteiger partial charge in [-0.3, -0.25) is 9.59 Å². The number of amides is 2. The number of methoxy groups -OCH3 is 1. The Morgan fingerprint density at radius 3 is 2.56 bits per heavy atom. The maximum Gasteiger partial charge on any atom is 0.225 e. The van der Waals surface area contributed by atoms with E-state index in [4.69, 9.17) is 4.74 Å². The zero-order valence-corrected chi connectivity index (χ0v) is 15.9. The number of hydrogen-bond acceptors (Lipinski definition) is 3. The fourth-order valence-corrected chi connectivity index (χ4v) is 3.46. The highest BCUT2D eigenvalue weighted by atomic mass is 16.5. The minimum absolute atomic E-state index is 0.0178. The van der Waals surface area contributed by atoms with Crippen molar-refractivity contribution in [2.24, 2.45) is 5.92 Å². The number of benzene rings is 2. The van der Waals surface area contributed by atoms with Crippen molar-refractivity contribution in [3.63, 3.8) is 0 Å². The molecule has 142 valence electrons. The van der Waals surface area contributed by atoms with Crippen molar-refractivity contribution in [3.8, 4) is 5.75 Å². The zero-order valence-electron chi connectivity index (χ0n) is 15.9. The van der Waals surface area contributed by atoms with Gasteiger partial charge in [-0.05, 0) is 36.6 Å². The van der Waals surface area contributed by atoms with Crippen molar-refractivity contribution in [1.82, 2.24) is 10.2 Å². The first kappa shape index (κ1) is 19.0. The van der Waals surface area contributed by atoms with E-state index in [9.17, 15) is 9.59 Å². The molecule has 0 spiro atoms. The summed E-state index contributed by atoms with van der Waals surface area (Å²) in [6.45, 7) is 3.05. The van der Waals surface area contributed by atoms with Gasteiger partial charge in [0.1, 0.15) is 5.75 Å². The lowest BCUT2D eigenvalue weighted by atomic mass is 10.1. The first-order valence-electron chi connectivity index (χ1n) is 9.33. The van der Waals surface area contributed by atoms with E-state index in [-0.39, 0.29) is 30.2 Å². The Morgan fingerprint density at radius 2 is 1.89 bits per heavy atom. The van der Waals surface area contributed by atoms with Crippen LogP contribution in [0.4, 0.5) is 0 Å². The van der Waals surface area contributed by atoms with Gasteiger partial charge >= 0.3 is 0 Å². The molecule has 0 aliphatic carbocycles. The molecule has 5 nitrogen and oxygen atoms in total. The second-order valence-corrected chi connectivity index (χ2v) is 6.92. The van der Waals surface area contributed by atoms with Crippen LogP contribution in [-0.2, 0) is 16.0 Å². The maximum atomic E-state index is 12.5. The third kappa shape index (κ3) is 4.67. The summed E-state index contributed by atoms with van der Waals surface area (Å²) in [5.74, 6) is 0.542. The topological polar surface area (TPSA) is 58.6 Å². The Hall–Kier alpha value is -2.82. The third-order valence-corrected chi connectivity index (χ3v) is 5.15. The molecule has 2 atom stereocenters.